The van der Waals surface area contributed by atoms with Crippen LogP contribution in [0.25, 0.3) is 10.8 Å². The molecule has 1 heterocycles. The third kappa shape index (κ3) is 4.74. The molecule has 0 radical (unpaired) electrons. The van der Waals surface area contributed by atoms with Gasteiger partial charge in [0.25, 0.3) is 11.8 Å². The van der Waals surface area contributed by atoms with Crippen molar-refractivity contribution < 1.29 is 24.3 Å². The van der Waals surface area contributed by atoms with Gasteiger partial charge in [0.1, 0.15) is 6.04 Å². The molecule has 0 saturated heterocycles. The summed E-state index contributed by atoms with van der Waals surface area (Å²) in [6, 6.07) is 9.09. The smallest absolute Gasteiger partial charge is 0.320 e. The number of nitrogens with one attached hydrogen (secondary N) is 2. The van der Waals surface area contributed by atoms with Crippen molar-refractivity contribution >= 4 is 34.5 Å². The van der Waals surface area contributed by atoms with Crippen LogP contribution in [0.1, 0.15) is 47.4 Å². The van der Waals surface area contributed by atoms with E-state index < -0.39 is 29.9 Å². The molecule has 3 amide bonds. The first-order valence-corrected chi connectivity index (χ1v) is 10.3. The molecule has 0 fully saturated rings. The molecule has 164 valence electrons. The van der Waals surface area contributed by atoms with Gasteiger partial charge in [0.05, 0.1) is 17.2 Å². The molecule has 3 N–H and O–H groups in total. The Morgan fingerprint density at radius 3 is 2.00 bits per heavy atom. The fourth-order valence-electron chi connectivity index (χ4n) is 3.86. The van der Waals surface area contributed by atoms with Crippen molar-refractivity contribution in [1.82, 2.24) is 15.5 Å². The van der Waals surface area contributed by atoms with E-state index in [1.54, 1.807) is 12.1 Å². The van der Waals surface area contributed by atoms with Crippen LogP contribution in [0.2, 0.25) is 0 Å². The molecule has 2 atom stereocenters. The lowest BCUT2D eigenvalue weighted by Gasteiger charge is -2.24. The van der Waals surface area contributed by atoms with Crippen LogP contribution in [0.4, 0.5) is 0 Å². The number of amides is 3. The summed E-state index contributed by atoms with van der Waals surface area (Å²) in [7, 11) is 1.50. The predicted octanol–water partition coefficient (Wildman–Crippen LogP) is 2.03. The second-order valence-electron chi connectivity index (χ2n) is 8.15. The Hall–Kier alpha value is -3.26. The van der Waals surface area contributed by atoms with Crippen LogP contribution in [0, 0.1) is 5.92 Å². The zero-order valence-corrected chi connectivity index (χ0v) is 17.8. The number of nitrogens with zero attached hydrogens (tertiary/aromatic N) is 1. The second-order valence-corrected chi connectivity index (χ2v) is 8.15. The van der Waals surface area contributed by atoms with Crippen molar-refractivity contribution in [2.75, 3.05) is 13.6 Å². The first-order chi connectivity index (χ1) is 14.7. The van der Waals surface area contributed by atoms with E-state index in [9.17, 15) is 24.3 Å². The normalized spacial score (nSPS) is 15.3. The van der Waals surface area contributed by atoms with Gasteiger partial charge in [0.2, 0.25) is 5.91 Å². The van der Waals surface area contributed by atoms with E-state index in [-0.39, 0.29) is 24.8 Å². The number of benzene rings is 2. The summed E-state index contributed by atoms with van der Waals surface area (Å²) in [6.07, 6.45) is 0.453. The average molecular weight is 425 g/mol. The van der Waals surface area contributed by atoms with E-state index in [4.69, 9.17) is 0 Å². The molecule has 0 aromatic heterocycles. The fraction of sp³-hybridized carbons (Fsp3) is 0.391. The molecule has 3 rings (SSSR count). The van der Waals surface area contributed by atoms with E-state index in [1.807, 2.05) is 38.1 Å². The van der Waals surface area contributed by atoms with Crippen LogP contribution in [-0.2, 0) is 9.59 Å². The van der Waals surface area contributed by atoms with E-state index >= 15 is 0 Å². The minimum atomic E-state index is -1.14. The largest absolute Gasteiger partial charge is 0.480 e. The van der Waals surface area contributed by atoms with Crippen LogP contribution in [0.5, 0.6) is 0 Å². The molecular weight excluding hydrogens is 398 g/mol. The van der Waals surface area contributed by atoms with Gasteiger partial charge in [-0.2, -0.15) is 0 Å². The highest BCUT2D eigenvalue weighted by molar-refractivity contribution is 6.23. The minimum Gasteiger partial charge on any atom is -0.480 e. The number of aliphatic carboxylic acids is 1. The average Bonchev–Trinajstić information content (AvgIpc) is 2.97. The highest BCUT2D eigenvalue weighted by Gasteiger charge is 2.37. The molecule has 0 bridgehead atoms. The Labute approximate surface area is 180 Å². The molecule has 0 aliphatic carbocycles. The summed E-state index contributed by atoms with van der Waals surface area (Å²) in [4.78, 5) is 50.7. The van der Waals surface area contributed by atoms with Crippen molar-refractivity contribution in [3.63, 3.8) is 0 Å². The maximum atomic E-state index is 12.8. The Bertz CT molecular complexity index is 979. The van der Waals surface area contributed by atoms with Gasteiger partial charge in [-0.3, -0.25) is 29.4 Å². The second kappa shape index (κ2) is 9.26. The van der Waals surface area contributed by atoms with Gasteiger partial charge in [0.15, 0.2) is 0 Å². The van der Waals surface area contributed by atoms with Crippen LogP contribution in [-0.4, -0.2) is 59.4 Å². The molecule has 31 heavy (non-hydrogen) atoms. The van der Waals surface area contributed by atoms with E-state index in [2.05, 4.69) is 10.6 Å². The number of hydrogen-bond donors (Lipinski definition) is 3. The highest BCUT2D eigenvalue weighted by atomic mass is 16.4. The lowest BCUT2D eigenvalue weighted by atomic mass is 10.0. The van der Waals surface area contributed by atoms with Crippen molar-refractivity contribution in [2.24, 2.45) is 5.92 Å². The predicted molar refractivity (Wildman–Crippen MR) is 116 cm³/mol. The number of fused-ring (bicyclic) bond motifs is 2. The number of rotatable bonds is 9. The third-order valence-corrected chi connectivity index (χ3v) is 5.45. The molecule has 0 saturated carbocycles. The van der Waals surface area contributed by atoms with Crippen LogP contribution < -0.4 is 10.6 Å². The molecule has 8 nitrogen and oxygen atoms in total. The van der Waals surface area contributed by atoms with Gasteiger partial charge in [0, 0.05) is 13.6 Å². The zero-order valence-electron chi connectivity index (χ0n) is 17.8. The maximum absolute atomic E-state index is 12.8. The van der Waals surface area contributed by atoms with Gasteiger partial charge in [-0.25, -0.2) is 0 Å². The summed E-state index contributed by atoms with van der Waals surface area (Å²) in [5.41, 5.74) is 0.651. The molecule has 8 heteroatoms. The molecule has 1 aliphatic rings. The van der Waals surface area contributed by atoms with E-state index in [0.29, 0.717) is 17.5 Å². The molecule has 1 aliphatic heterocycles. The summed E-state index contributed by atoms with van der Waals surface area (Å²) >= 11 is 0. The third-order valence-electron chi connectivity index (χ3n) is 5.45. The van der Waals surface area contributed by atoms with Crippen molar-refractivity contribution in [2.45, 2.75) is 38.8 Å². The van der Waals surface area contributed by atoms with Crippen molar-refractivity contribution in [1.29, 1.82) is 0 Å². The zero-order chi connectivity index (χ0) is 22.7. The lowest BCUT2D eigenvalue weighted by Crippen LogP contribution is -2.51. The van der Waals surface area contributed by atoms with Crippen LogP contribution in [0.3, 0.4) is 0 Å². The van der Waals surface area contributed by atoms with Gasteiger partial charge >= 0.3 is 5.97 Å². The Morgan fingerprint density at radius 1 is 1.00 bits per heavy atom. The number of likely N-dealkylation sites (N-methyl/N-ethyl adjacent to an activating group) is 1. The SMILES string of the molecule is CNC(=O)C(CC(C)C)NC(CCN1C(=O)c2cc3ccccc3cc2C1=O)C(=O)O. The number of carbonyl (C=O) groups is 4. The molecule has 0 spiro atoms. The first kappa shape index (κ1) is 22.4. The molecular formula is C23H27N3O5. The Balaban J connectivity index is 1.75. The number of hydrogen-bond acceptors (Lipinski definition) is 5. The van der Waals surface area contributed by atoms with Gasteiger partial charge in [-0.15, -0.1) is 0 Å². The van der Waals surface area contributed by atoms with Crippen molar-refractivity contribution in [3.05, 3.63) is 47.5 Å². The highest BCUT2D eigenvalue weighted by Crippen LogP contribution is 2.28. The molecule has 2 unspecified atom stereocenters. The number of carbonyl (C=O) groups excluding carboxylic acids is 3. The summed E-state index contributed by atoms with van der Waals surface area (Å²) in [6.45, 7) is 3.82. The van der Waals surface area contributed by atoms with Gasteiger partial charge in [-0.1, -0.05) is 38.1 Å². The van der Waals surface area contributed by atoms with Crippen LogP contribution >= 0.6 is 0 Å². The lowest BCUT2D eigenvalue weighted by molar-refractivity contribution is -0.140. The molecule has 2 aromatic rings. The summed E-state index contributed by atoms with van der Waals surface area (Å²) in [5, 5.41) is 16.8. The molecule has 2 aromatic carbocycles. The van der Waals surface area contributed by atoms with Crippen molar-refractivity contribution in [3.8, 4) is 0 Å². The standard InChI is InChI=1S/C23H27N3O5/c1-13(2)10-19(20(27)24-3)25-18(23(30)31)8-9-26-21(28)16-11-14-6-4-5-7-15(14)12-17(16)22(26)29/h4-7,11-13,18-19,25H,8-10H2,1-3H3,(H,24,27)(H,30,31). The number of carboxylic acid groups (broad SMARTS) is 1. The topological polar surface area (TPSA) is 116 Å². The van der Waals surface area contributed by atoms with Gasteiger partial charge < -0.3 is 10.4 Å². The number of imide groups is 1. The Morgan fingerprint density at radius 2 is 1.55 bits per heavy atom. The monoisotopic (exact) mass is 425 g/mol. The summed E-state index contributed by atoms with van der Waals surface area (Å²) in [5.74, 6) is -2.12. The first-order valence-electron chi connectivity index (χ1n) is 10.3. The van der Waals surface area contributed by atoms with E-state index in [0.717, 1.165) is 15.7 Å². The van der Waals surface area contributed by atoms with Crippen LogP contribution in [0.15, 0.2) is 36.4 Å². The number of carboxylic acids is 1. The summed E-state index contributed by atoms with van der Waals surface area (Å²) < 4.78 is 0. The minimum absolute atomic E-state index is 0.00802. The van der Waals surface area contributed by atoms with E-state index in [1.165, 1.54) is 7.05 Å². The maximum Gasteiger partial charge on any atom is 0.320 e. The van der Waals surface area contributed by atoms with Gasteiger partial charge in [-0.05, 0) is 41.7 Å². The Kier molecular flexibility index (Phi) is 6.70. The fourth-order valence-corrected chi connectivity index (χ4v) is 3.86. The quantitative estimate of drug-likeness (QED) is 0.530.